The van der Waals surface area contributed by atoms with Crippen LogP contribution in [0.4, 0.5) is 0 Å². The van der Waals surface area contributed by atoms with E-state index in [9.17, 15) is 15.0 Å². The number of likely N-dealkylation sites (tertiary alicyclic amines) is 1. The summed E-state index contributed by atoms with van der Waals surface area (Å²) in [7, 11) is 0. The van der Waals surface area contributed by atoms with Crippen LogP contribution in [0.2, 0.25) is 5.02 Å². The average Bonchev–Trinajstić information content (AvgIpc) is 2.47. The fourth-order valence-electron chi connectivity index (χ4n) is 2.72. The Kier molecular flexibility index (Phi) is 5.58. The Morgan fingerprint density at radius 2 is 1.86 bits per heavy atom. The Morgan fingerprint density at radius 1 is 1.29 bits per heavy atom. The molecule has 0 saturated carbocycles. The zero-order chi connectivity index (χ0) is 15.4. The van der Waals surface area contributed by atoms with Crippen LogP contribution in [0.3, 0.4) is 0 Å². The van der Waals surface area contributed by atoms with E-state index in [2.05, 4.69) is 4.90 Å². The number of primary amides is 1. The van der Waals surface area contributed by atoms with E-state index in [4.69, 9.17) is 17.3 Å². The number of aliphatic hydroxyl groups excluding tert-OH is 2. The predicted octanol–water partition coefficient (Wildman–Crippen LogP) is 0.932. The number of nitrogens with zero attached hydrogens (tertiary/aromatic N) is 1. The van der Waals surface area contributed by atoms with E-state index in [0.29, 0.717) is 24.4 Å². The second-order valence-electron chi connectivity index (χ2n) is 5.55. The van der Waals surface area contributed by atoms with Crippen molar-refractivity contribution in [1.82, 2.24) is 4.90 Å². The highest BCUT2D eigenvalue weighted by atomic mass is 35.5. The maximum atomic E-state index is 11.0. The van der Waals surface area contributed by atoms with Gasteiger partial charge in [-0.2, -0.15) is 0 Å². The lowest BCUT2D eigenvalue weighted by Crippen LogP contribution is -2.43. The minimum atomic E-state index is -1.06. The van der Waals surface area contributed by atoms with Gasteiger partial charge in [-0.3, -0.25) is 4.79 Å². The summed E-state index contributed by atoms with van der Waals surface area (Å²) in [5, 5.41) is 20.5. The monoisotopic (exact) mass is 312 g/mol. The largest absolute Gasteiger partial charge is 0.387 e. The van der Waals surface area contributed by atoms with Gasteiger partial charge < -0.3 is 20.8 Å². The molecule has 1 aliphatic rings. The molecule has 6 heteroatoms. The van der Waals surface area contributed by atoms with Crippen molar-refractivity contribution in [2.45, 2.75) is 25.0 Å². The third kappa shape index (κ3) is 4.41. The number of rotatable bonds is 5. The van der Waals surface area contributed by atoms with Gasteiger partial charge in [-0.25, -0.2) is 0 Å². The summed E-state index contributed by atoms with van der Waals surface area (Å²) in [5.41, 5.74) is 5.95. The van der Waals surface area contributed by atoms with Crippen molar-refractivity contribution < 1.29 is 15.0 Å². The third-order valence-corrected chi connectivity index (χ3v) is 4.31. The van der Waals surface area contributed by atoms with E-state index in [1.807, 2.05) is 12.1 Å². The molecule has 2 unspecified atom stereocenters. The predicted molar refractivity (Wildman–Crippen MR) is 80.8 cm³/mol. The number of carbonyl (C=O) groups excluding carboxylic acids is 1. The number of hydrogen-bond acceptors (Lipinski definition) is 4. The van der Waals surface area contributed by atoms with Crippen LogP contribution >= 0.6 is 11.6 Å². The number of halogens is 1. The highest BCUT2D eigenvalue weighted by molar-refractivity contribution is 6.30. The number of carbonyl (C=O) groups is 1. The average molecular weight is 313 g/mol. The van der Waals surface area contributed by atoms with Crippen LogP contribution in [0, 0.1) is 5.92 Å². The van der Waals surface area contributed by atoms with Crippen molar-refractivity contribution in [2.75, 3.05) is 19.6 Å². The molecule has 1 amide bonds. The summed E-state index contributed by atoms with van der Waals surface area (Å²) < 4.78 is 0. The topological polar surface area (TPSA) is 86.8 Å². The number of aliphatic hydroxyl groups is 2. The molecule has 2 rings (SSSR count). The van der Waals surface area contributed by atoms with Gasteiger partial charge in [-0.05, 0) is 49.5 Å². The SMILES string of the molecule is NC(=O)C(O)C1CCN(CC(O)c2ccc(Cl)cc2)CC1. The van der Waals surface area contributed by atoms with E-state index >= 15 is 0 Å². The fourth-order valence-corrected chi connectivity index (χ4v) is 2.84. The first-order valence-electron chi connectivity index (χ1n) is 7.10. The molecule has 21 heavy (non-hydrogen) atoms. The number of amides is 1. The van der Waals surface area contributed by atoms with E-state index in [0.717, 1.165) is 18.7 Å². The van der Waals surface area contributed by atoms with Gasteiger partial charge in [0.2, 0.25) is 5.91 Å². The maximum Gasteiger partial charge on any atom is 0.246 e. The molecule has 5 nitrogen and oxygen atoms in total. The van der Waals surface area contributed by atoms with Gasteiger partial charge in [0.25, 0.3) is 0 Å². The van der Waals surface area contributed by atoms with Crippen LogP contribution in [0.5, 0.6) is 0 Å². The van der Waals surface area contributed by atoms with Gasteiger partial charge in [-0.1, -0.05) is 23.7 Å². The summed E-state index contributed by atoms with van der Waals surface area (Å²) in [6.07, 6.45) is -0.220. The molecule has 1 heterocycles. The molecule has 0 spiro atoms. The number of nitrogens with two attached hydrogens (primary N) is 1. The van der Waals surface area contributed by atoms with Crippen LogP contribution in [0.1, 0.15) is 24.5 Å². The van der Waals surface area contributed by atoms with Crippen molar-refractivity contribution in [2.24, 2.45) is 11.7 Å². The Bertz CT molecular complexity index is 472. The lowest BCUT2D eigenvalue weighted by atomic mass is 9.90. The van der Waals surface area contributed by atoms with Crippen molar-refractivity contribution in [3.8, 4) is 0 Å². The van der Waals surface area contributed by atoms with Gasteiger partial charge >= 0.3 is 0 Å². The standard InChI is InChI=1S/C15H21ClN2O3/c16-12-3-1-10(2-4-12)13(19)9-18-7-5-11(6-8-18)14(20)15(17)21/h1-4,11,13-14,19-20H,5-9H2,(H2,17,21). The van der Waals surface area contributed by atoms with E-state index in [1.165, 1.54) is 0 Å². The molecular formula is C15H21ClN2O3. The maximum absolute atomic E-state index is 11.0. The van der Waals surface area contributed by atoms with Crippen molar-refractivity contribution in [1.29, 1.82) is 0 Å². The van der Waals surface area contributed by atoms with Gasteiger partial charge in [-0.15, -0.1) is 0 Å². The molecular weight excluding hydrogens is 292 g/mol. The number of hydrogen-bond donors (Lipinski definition) is 3. The van der Waals surface area contributed by atoms with Crippen molar-refractivity contribution in [3.63, 3.8) is 0 Å². The minimum absolute atomic E-state index is 0.0774. The van der Waals surface area contributed by atoms with Crippen LogP contribution in [-0.2, 0) is 4.79 Å². The Labute approximate surface area is 129 Å². The molecule has 2 atom stereocenters. The first-order valence-corrected chi connectivity index (χ1v) is 7.48. The van der Waals surface area contributed by atoms with E-state index < -0.39 is 18.1 Å². The molecule has 0 aliphatic carbocycles. The van der Waals surface area contributed by atoms with Gasteiger partial charge in [0.1, 0.15) is 6.10 Å². The molecule has 1 saturated heterocycles. The second kappa shape index (κ2) is 7.22. The molecule has 1 aromatic rings. The zero-order valence-corrected chi connectivity index (χ0v) is 12.5. The van der Waals surface area contributed by atoms with Crippen LogP contribution in [0.15, 0.2) is 24.3 Å². The van der Waals surface area contributed by atoms with Crippen molar-refractivity contribution >= 4 is 17.5 Å². The first-order chi connectivity index (χ1) is 9.97. The summed E-state index contributed by atoms with van der Waals surface area (Å²) >= 11 is 5.83. The van der Waals surface area contributed by atoms with Crippen LogP contribution < -0.4 is 5.73 Å². The number of piperidine rings is 1. The van der Waals surface area contributed by atoms with Crippen molar-refractivity contribution in [3.05, 3.63) is 34.9 Å². The summed E-state index contributed by atoms with van der Waals surface area (Å²) in [4.78, 5) is 13.1. The first kappa shape index (κ1) is 16.2. The molecule has 0 bridgehead atoms. The zero-order valence-electron chi connectivity index (χ0n) is 11.8. The normalized spacial score (nSPS) is 20.1. The molecule has 116 valence electrons. The summed E-state index contributed by atoms with van der Waals surface area (Å²) in [5.74, 6) is -0.735. The van der Waals surface area contributed by atoms with Gasteiger partial charge in [0.05, 0.1) is 6.10 Å². The lowest BCUT2D eigenvalue weighted by Gasteiger charge is -2.34. The van der Waals surface area contributed by atoms with E-state index in [-0.39, 0.29) is 5.92 Å². The van der Waals surface area contributed by atoms with Gasteiger partial charge in [0, 0.05) is 11.6 Å². The molecule has 1 fully saturated rings. The Morgan fingerprint density at radius 3 is 2.38 bits per heavy atom. The smallest absolute Gasteiger partial charge is 0.246 e. The molecule has 0 aromatic heterocycles. The molecule has 4 N–H and O–H groups in total. The molecule has 1 aromatic carbocycles. The summed E-state index contributed by atoms with van der Waals surface area (Å²) in [6, 6.07) is 7.15. The van der Waals surface area contributed by atoms with E-state index in [1.54, 1.807) is 12.1 Å². The fraction of sp³-hybridized carbons (Fsp3) is 0.533. The Balaban J connectivity index is 1.83. The lowest BCUT2D eigenvalue weighted by molar-refractivity contribution is -0.129. The third-order valence-electron chi connectivity index (χ3n) is 4.06. The van der Waals surface area contributed by atoms with Gasteiger partial charge in [0.15, 0.2) is 0 Å². The van der Waals surface area contributed by atoms with Crippen LogP contribution in [-0.4, -0.2) is 46.8 Å². The quantitative estimate of drug-likeness (QED) is 0.755. The Hall–Kier alpha value is -1.14. The minimum Gasteiger partial charge on any atom is -0.387 e. The number of β-amino-alcohol motifs (C(OH)–C–C–N with tert-alkyl or cyclic N) is 1. The molecule has 1 aliphatic heterocycles. The molecule has 0 radical (unpaired) electrons. The highest BCUT2D eigenvalue weighted by Gasteiger charge is 2.29. The number of benzene rings is 1. The highest BCUT2D eigenvalue weighted by Crippen LogP contribution is 2.23. The second-order valence-corrected chi connectivity index (χ2v) is 5.99. The van der Waals surface area contributed by atoms with Crippen LogP contribution in [0.25, 0.3) is 0 Å². The summed E-state index contributed by atoms with van der Waals surface area (Å²) in [6.45, 7) is 2.00.